The molecule has 27 heavy (non-hydrogen) atoms. The molecule has 1 aliphatic rings. The maximum atomic E-state index is 12.1. The molecule has 146 valence electrons. The summed E-state index contributed by atoms with van der Waals surface area (Å²) in [5.74, 6) is 0.212. The first-order valence-electron chi connectivity index (χ1n) is 8.92. The van der Waals surface area contributed by atoms with Crippen LogP contribution in [0.5, 0.6) is 11.5 Å². The smallest absolute Gasteiger partial charge is 0.160 e. The van der Waals surface area contributed by atoms with E-state index in [1.807, 2.05) is 0 Å². The maximum Gasteiger partial charge on any atom is 0.160 e. The fourth-order valence-corrected chi connectivity index (χ4v) is 2.91. The fraction of sp³-hybridized carbons (Fsp3) is 0.429. The first-order valence-corrected chi connectivity index (χ1v) is 8.92. The van der Waals surface area contributed by atoms with Gasteiger partial charge >= 0.3 is 0 Å². The first-order chi connectivity index (χ1) is 12.9. The lowest BCUT2D eigenvalue weighted by Gasteiger charge is -2.20. The Labute approximate surface area is 159 Å². The Hall–Kier alpha value is -2.44. The second kappa shape index (κ2) is 10.0. The van der Waals surface area contributed by atoms with Gasteiger partial charge in [-0.05, 0) is 42.2 Å². The average Bonchev–Trinajstić information content (AvgIpc) is 2.66. The van der Waals surface area contributed by atoms with Crippen LogP contribution in [0.4, 0.5) is 0 Å². The summed E-state index contributed by atoms with van der Waals surface area (Å²) in [6.45, 7) is 0. The number of ether oxygens (including phenoxy) is 2. The number of aromatic hydroxyl groups is 1. The number of Topliss-reactive ketones (excluding diaryl/α,β-unsaturated/α-hetero) is 2. The summed E-state index contributed by atoms with van der Waals surface area (Å²) in [5, 5.41) is 19.3. The van der Waals surface area contributed by atoms with Gasteiger partial charge in [0.05, 0.1) is 13.5 Å². The third-order valence-electron chi connectivity index (χ3n) is 4.52. The van der Waals surface area contributed by atoms with Crippen molar-refractivity contribution >= 4 is 11.6 Å². The predicted octanol–water partition coefficient (Wildman–Crippen LogP) is 2.51. The van der Waals surface area contributed by atoms with Gasteiger partial charge in [-0.25, -0.2) is 0 Å². The molecule has 0 bridgehead atoms. The Morgan fingerprint density at radius 2 is 1.81 bits per heavy atom. The number of hydrogen-bond acceptors (Lipinski definition) is 6. The molecule has 0 fully saturated rings. The summed E-state index contributed by atoms with van der Waals surface area (Å²) >= 11 is 0. The van der Waals surface area contributed by atoms with Gasteiger partial charge in [-0.3, -0.25) is 9.59 Å². The van der Waals surface area contributed by atoms with Crippen molar-refractivity contribution in [2.45, 2.75) is 44.3 Å². The highest BCUT2D eigenvalue weighted by Crippen LogP contribution is 2.26. The van der Waals surface area contributed by atoms with Crippen LogP contribution in [0, 0.1) is 0 Å². The van der Waals surface area contributed by atoms with Crippen molar-refractivity contribution in [2.75, 3.05) is 14.2 Å². The number of methoxy groups -OCH3 is 2. The molecule has 2 atom stereocenters. The topological polar surface area (TPSA) is 93.1 Å². The summed E-state index contributed by atoms with van der Waals surface area (Å²) in [6, 6.07) is 4.95. The van der Waals surface area contributed by atoms with Crippen molar-refractivity contribution in [2.24, 2.45) is 0 Å². The number of carbonyl (C=O) groups is 2. The molecular weight excluding hydrogens is 348 g/mol. The SMILES string of the molecule is COc1cc(CCC(=O)CC(=O)CCC2=CC(OC)C(O)C=C2)ccc1O. The quantitative estimate of drug-likeness (QED) is 0.611. The number of aliphatic hydroxyl groups is 1. The van der Waals surface area contributed by atoms with E-state index >= 15 is 0 Å². The van der Waals surface area contributed by atoms with Gasteiger partial charge in [-0.2, -0.15) is 0 Å². The van der Waals surface area contributed by atoms with Gasteiger partial charge in [0.2, 0.25) is 0 Å². The van der Waals surface area contributed by atoms with Crippen molar-refractivity contribution in [1.82, 2.24) is 0 Å². The second-order valence-corrected chi connectivity index (χ2v) is 6.55. The summed E-state index contributed by atoms with van der Waals surface area (Å²) < 4.78 is 10.2. The molecule has 0 aliphatic heterocycles. The van der Waals surface area contributed by atoms with Gasteiger partial charge in [0.1, 0.15) is 23.8 Å². The van der Waals surface area contributed by atoms with Crippen LogP contribution in [0.25, 0.3) is 0 Å². The normalized spacial score (nSPS) is 18.9. The van der Waals surface area contributed by atoms with E-state index < -0.39 is 12.2 Å². The summed E-state index contributed by atoms with van der Waals surface area (Å²) in [4.78, 5) is 24.1. The Balaban J connectivity index is 1.76. The van der Waals surface area contributed by atoms with Crippen molar-refractivity contribution in [3.63, 3.8) is 0 Å². The molecule has 0 saturated carbocycles. The Bertz CT molecular complexity index is 734. The van der Waals surface area contributed by atoms with Crippen LogP contribution in [0.3, 0.4) is 0 Å². The van der Waals surface area contributed by atoms with Gasteiger partial charge in [0, 0.05) is 20.0 Å². The number of phenols is 1. The van der Waals surface area contributed by atoms with Crippen LogP contribution in [0.15, 0.2) is 42.0 Å². The molecule has 0 radical (unpaired) electrons. The van der Waals surface area contributed by atoms with Gasteiger partial charge in [0.15, 0.2) is 11.5 Å². The molecule has 0 aromatic heterocycles. The molecule has 1 aliphatic carbocycles. The zero-order chi connectivity index (χ0) is 19.8. The third kappa shape index (κ3) is 6.34. The highest BCUT2D eigenvalue weighted by molar-refractivity contribution is 5.99. The number of aliphatic hydroxyl groups excluding tert-OH is 1. The van der Waals surface area contributed by atoms with Crippen molar-refractivity contribution in [1.29, 1.82) is 0 Å². The van der Waals surface area contributed by atoms with E-state index in [0.29, 0.717) is 18.6 Å². The van der Waals surface area contributed by atoms with E-state index in [-0.39, 0.29) is 36.6 Å². The molecule has 2 N–H and O–H groups in total. The van der Waals surface area contributed by atoms with E-state index in [1.54, 1.807) is 30.4 Å². The predicted molar refractivity (Wildman–Crippen MR) is 101 cm³/mol. The number of allylic oxidation sites excluding steroid dienone is 2. The molecule has 0 spiro atoms. The molecule has 6 heteroatoms. The highest BCUT2D eigenvalue weighted by Gasteiger charge is 2.18. The largest absolute Gasteiger partial charge is 0.504 e. The number of aryl methyl sites for hydroxylation is 1. The van der Waals surface area contributed by atoms with Gasteiger partial charge in [-0.15, -0.1) is 0 Å². The van der Waals surface area contributed by atoms with Crippen molar-refractivity contribution in [3.8, 4) is 11.5 Å². The molecule has 0 saturated heterocycles. The molecule has 2 rings (SSSR count). The monoisotopic (exact) mass is 374 g/mol. The number of carbonyl (C=O) groups excluding carboxylic acids is 2. The van der Waals surface area contributed by atoms with E-state index in [0.717, 1.165) is 11.1 Å². The highest BCUT2D eigenvalue weighted by atomic mass is 16.5. The number of benzene rings is 1. The zero-order valence-corrected chi connectivity index (χ0v) is 15.7. The second-order valence-electron chi connectivity index (χ2n) is 6.55. The van der Waals surface area contributed by atoms with Gasteiger partial charge in [-0.1, -0.05) is 18.2 Å². The number of hydrogen-bond donors (Lipinski definition) is 2. The number of rotatable bonds is 10. The fourth-order valence-electron chi connectivity index (χ4n) is 2.91. The standard InChI is InChI=1S/C21H26O6/c1-26-20-11-14(5-9-18(20)24)3-7-16(22)13-17(23)8-4-15-6-10-19(25)21(12-15)27-2/h5-6,9-12,18,20,24-25H,3-4,7-8,13H2,1-2H3. The molecular formula is C21H26O6. The summed E-state index contributed by atoms with van der Waals surface area (Å²) in [6.07, 6.45) is 5.63. The lowest BCUT2D eigenvalue weighted by atomic mass is 9.96. The van der Waals surface area contributed by atoms with Gasteiger partial charge in [0.25, 0.3) is 0 Å². The first kappa shape index (κ1) is 20.9. The Morgan fingerprint density at radius 3 is 2.48 bits per heavy atom. The molecule has 0 amide bonds. The van der Waals surface area contributed by atoms with E-state index in [1.165, 1.54) is 20.3 Å². The lowest BCUT2D eigenvalue weighted by molar-refractivity contribution is -0.126. The van der Waals surface area contributed by atoms with Crippen LogP contribution < -0.4 is 4.74 Å². The van der Waals surface area contributed by atoms with E-state index in [2.05, 4.69) is 0 Å². The van der Waals surface area contributed by atoms with Crippen LogP contribution in [0.1, 0.15) is 31.2 Å². The summed E-state index contributed by atoms with van der Waals surface area (Å²) in [7, 11) is 2.99. The minimum Gasteiger partial charge on any atom is -0.504 e. The summed E-state index contributed by atoms with van der Waals surface area (Å²) in [5.41, 5.74) is 1.79. The third-order valence-corrected chi connectivity index (χ3v) is 4.52. The number of ketones is 2. The number of phenolic OH excluding ortho intramolecular Hbond substituents is 1. The van der Waals surface area contributed by atoms with Crippen LogP contribution in [0.2, 0.25) is 0 Å². The molecule has 1 aromatic rings. The van der Waals surface area contributed by atoms with Gasteiger partial charge < -0.3 is 19.7 Å². The zero-order valence-electron chi connectivity index (χ0n) is 15.7. The van der Waals surface area contributed by atoms with Crippen LogP contribution in [-0.2, 0) is 20.7 Å². The van der Waals surface area contributed by atoms with E-state index in [9.17, 15) is 19.8 Å². The van der Waals surface area contributed by atoms with Crippen molar-refractivity contribution in [3.05, 3.63) is 47.6 Å². The van der Waals surface area contributed by atoms with E-state index in [4.69, 9.17) is 9.47 Å². The van der Waals surface area contributed by atoms with Crippen molar-refractivity contribution < 1.29 is 29.3 Å². The Morgan fingerprint density at radius 1 is 1.11 bits per heavy atom. The minimum atomic E-state index is -0.672. The maximum absolute atomic E-state index is 12.1. The van der Waals surface area contributed by atoms with Crippen LogP contribution in [-0.4, -0.2) is 48.2 Å². The average molecular weight is 374 g/mol. The molecule has 0 heterocycles. The molecule has 1 aromatic carbocycles. The minimum absolute atomic E-state index is 0.0528. The molecule has 6 nitrogen and oxygen atoms in total. The Kier molecular flexibility index (Phi) is 7.76. The van der Waals surface area contributed by atoms with Crippen LogP contribution >= 0.6 is 0 Å². The lowest BCUT2D eigenvalue weighted by Crippen LogP contribution is -2.26. The molecule has 2 unspecified atom stereocenters.